The lowest BCUT2D eigenvalue weighted by Crippen LogP contribution is -2.16. The van der Waals surface area contributed by atoms with Gasteiger partial charge in [-0.25, -0.2) is 8.42 Å². The van der Waals surface area contributed by atoms with Crippen molar-refractivity contribution in [2.75, 3.05) is 10.0 Å². The number of carbonyl (C=O) groups is 1. The molecule has 4 rings (SSSR count). The number of hydrogen-bond acceptors (Lipinski definition) is 7. The molecule has 0 atom stereocenters. The second kappa shape index (κ2) is 10.8. The highest BCUT2D eigenvalue weighted by atomic mass is 35.5. The molecule has 0 aliphatic heterocycles. The SMILES string of the molecule is Cc1ccc(NS(=O)(=O)c2cc(C(=O)Nc3nnc(SCc4ccccc4)s3)ccc2Cl)cc1C. The Kier molecular flexibility index (Phi) is 7.75. The van der Waals surface area contributed by atoms with E-state index < -0.39 is 15.9 Å². The smallest absolute Gasteiger partial charge is 0.263 e. The van der Waals surface area contributed by atoms with Crippen LogP contribution in [0.25, 0.3) is 0 Å². The van der Waals surface area contributed by atoms with Crippen molar-refractivity contribution in [1.29, 1.82) is 0 Å². The molecule has 1 heterocycles. The van der Waals surface area contributed by atoms with E-state index in [1.54, 1.807) is 12.1 Å². The molecule has 0 saturated heterocycles. The molecular weight excluding hydrogens is 524 g/mol. The summed E-state index contributed by atoms with van der Waals surface area (Å²) in [7, 11) is -4.02. The summed E-state index contributed by atoms with van der Waals surface area (Å²) in [5.41, 5.74) is 3.69. The van der Waals surface area contributed by atoms with Gasteiger partial charge in [0.2, 0.25) is 5.13 Å². The fourth-order valence-corrected chi connectivity index (χ4v) is 6.35. The number of sulfonamides is 1. The van der Waals surface area contributed by atoms with Crippen LogP contribution < -0.4 is 10.0 Å². The van der Waals surface area contributed by atoms with Crippen molar-refractivity contribution >= 4 is 61.4 Å². The normalized spacial score (nSPS) is 11.3. The average Bonchev–Trinajstić information content (AvgIpc) is 3.28. The number of halogens is 1. The Morgan fingerprint density at radius 1 is 1.00 bits per heavy atom. The highest BCUT2D eigenvalue weighted by Crippen LogP contribution is 2.29. The van der Waals surface area contributed by atoms with Crippen LogP contribution in [0.1, 0.15) is 27.0 Å². The Bertz CT molecular complexity index is 1470. The summed E-state index contributed by atoms with van der Waals surface area (Å²) >= 11 is 8.94. The van der Waals surface area contributed by atoms with Gasteiger partial charge in [-0.15, -0.1) is 10.2 Å². The fraction of sp³-hybridized carbons (Fsp3) is 0.125. The van der Waals surface area contributed by atoms with Gasteiger partial charge in [0.1, 0.15) is 4.90 Å². The summed E-state index contributed by atoms with van der Waals surface area (Å²) in [6.07, 6.45) is 0. The van der Waals surface area contributed by atoms with E-state index >= 15 is 0 Å². The minimum atomic E-state index is -4.02. The molecule has 3 aromatic carbocycles. The van der Waals surface area contributed by atoms with Crippen LogP contribution in [-0.2, 0) is 15.8 Å². The first-order valence-corrected chi connectivity index (χ1v) is 14.1. The van der Waals surface area contributed by atoms with Crippen molar-refractivity contribution in [3.05, 3.63) is 94.0 Å². The van der Waals surface area contributed by atoms with Gasteiger partial charge in [0.15, 0.2) is 4.34 Å². The second-order valence-corrected chi connectivity index (χ2v) is 11.9. The molecule has 11 heteroatoms. The Balaban J connectivity index is 1.46. The fourth-order valence-electron chi connectivity index (χ4n) is 3.07. The number of amides is 1. The quantitative estimate of drug-likeness (QED) is 0.204. The van der Waals surface area contributed by atoms with Crippen LogP contribution in [0.5, 0.6) is 0 Å². The minimum absolute atomic E-state index is 0.00778. The first-order valence-electron chi connectivity index (χ1n) is 10.4. The molecular formula is C24H21ClN4O3S3. The van der Waals surface area contributed by atoms with E-state index in [9.17, 15) is 13.2 Å². The number of benzene rings is 3. The zero-order valence-corrected chi connectivity index (χ0v) is 22.0. The Labute approximate surface area is 217 Å². The first kappa shape index (κ1) is 25.2. The van der Waals surface area contributed by atoms with E-state index in [0.717, 1.165) is 22.4 Å². The molecule has 1 aromatic heterocycles. The highest BCUT2D eigenvalue weighted by molar-refractivity contribution is 8.00. The molecule has 0 bridgehead atoms. The maximum atomic E-state index is 13.0. The van der Waals surface area contributed by atoms with Crippen molar-refractivity contribution in [2.24, 2.45) is 0 Å². The molecule has 180 valence electrons. The van der Waals surface area contributed by atoms with Gasteiger partial charge in [0.05, 0.1) is 5.02 Å². The molecule has 35 heavy (non-hydrogen) atoms. The van der Waals surface area contributed by atoms with Gasteiger partial charge < -0.3 is 0 Å². The van der Waals surface area contributed by atoms with E-state index in [1.165, 1.54) is 41.3 Å². The van der Waals surface area contributed by atoms with Crippen LogP contribution in [-0.4, -0.2) is 24.5 Å². The van der Waals surface area contributed by atoms with E-state index in [2.05, 4.69) is 20.2 Å². The van der Waals surface area contributed by atoms with E-state index in [0.29, 0.717) is 15.2 Å². The van der Waals surface area contributed by atoms with E-state index in [-0.39, 0.29) is 15.5 Å². The Morgan fingerprint density at radius 3 is 2.51 bits per heavy atom. The summed E-state index contributed by atoms with van der Waals surface area (Å²) in [5, 5.41) is 11.1. The number of aryl methyl sites for hydroxylation is 2. The summed E-state index contributed by atoms with van der Waals surface area (Å²) in [6.45, 7) is 3.83. The molecule has 4 aromatic rings. The number of aromatic nitrogens is 2. The van der Waals surface area contributed by atoms with E-state index in [1.807, 2.05) is 50.2 Å². The third kappa shape index (κ3) is 6.40. The first-order chi connectivity index (χ1) is 16.7. The lowest BCUT2D eigenvalue weighted by atomic mass is 10.1. The third-order valence-electron chi connectivity index (χ3n) is 5.07. The van der Waals surface area contributed by atoms with Gasteiger partial charge >= 0.3 is 0 Å². The largest absolute Gasteiger partial charge is 0.296 e. The second-order valence-electron chi connectivity index (χ2n) is 7.65. The highest BCUT2D eigenvalue weighted by Gasteiger charge is 2.21. The molecule has 0 fully saturated rings. The van der Waals surface area contributed by atoms with Gasteiger partial charge in [-0.3, -0.25) is 14.8 Å². The number of hydrogen-bond donors (Lipinski definition) is 2. The third-order valence-corrected chi connectivity index (χ3v) is 8.98. The number of rotatable bonds is 8. The van der Waals surface area contributed by atoms with Crippen molar-refractivity contribution < 1.29 is 13.2 Å². The predicted molar refractivity (Wildman–Crippen MR) is 142 cm³/mol. The summed E-state index contributed by atoms with van der Waals surface area (Å²) in [4.78, 5) is 12.6. The monoisotopic (exact) mass is 544 g/mol. The molecule has 7 nitrogen and oxygen atoms in total. The zero-order chi connectivity index (χ0) is 25.0. The van der Waals surface area contributed by atoms with Crippen LogP contribution in [0.3, 0.4) is 0 Å². The number of anilines is 2. The molecule has 0 saturated carbocycles. The maximum absolute atomic E-state index is 13.0. The Hall–Kier alpha value is -2.92. The summed E-state index contributed by atoms with van der Waals surface area (Å²) in [6, 6.07) is 19.3. The molecule has 1 amide bonds. The predicted octanol–water partition coefficient (Wildman–Crippen LogP) is 6.15. The molecule has 0 spiro atoms. The topological polar surface area (TPSA) is 101 Å². The van der Waals surface area contributed by atoms with Crippen molar-refractivity contribution in [2.45, 2.75) is 28.8 Å². The van der Waals surface area contributed by atoms with Crippen LogP contribution in [0, 0.1) is 13.8 Å². The number of nitrogens with one attached hydrogen (secondary N) is 2. The lowest BCUT2D eigenvalue weighted by Gasteiger charge is -2.12. The molecule has 2 N–H and O–H groups in total. The van der Waals surface area contributed by atoms with Gasteiger partial charge in [0, 0.05) is 17.0 Å². The van der Waals surface area contributed by atoms with Crippen LogP contribution in [0.4, 0.5) is 10.8 Å². The molecule has 0 unspecified atom stereocenters. The van der Waals surface area contributed by atoms with Crippen molar-refractivity contribution in [3.63, 3.8) is 0 Å². The summed E-state index contributed by atoms with van der Waals surface area (Å²) < 4.78 is 29.2. The van der Waals surface area contributed by atoms with Crippen LogP contribution in [0.2, 0.25) is 5.02 Å². The zero-order valence-electron chi connectivity index (χ0n) is 18.8. The van der Waals surface area contributed by atoms with E-state index in [4.69, 9.17) is 11.6 Å². The molecule has 0 aliphatic carbocycles. The minimum Gasteiger partial charge on any atom is -0.296 e. The molecule has 0 aliphatic rings. The number of nitrogens with zero attached hydrogens (tertiary/aromatic N) is 2. The maximum Gasteiger partial charge on any atom is 0.263 e. The van der Waals surface area contributed by atoms with Gasteiger partial charge in [-0.1, -0.05) is 71.1 Å². The number of carbonyl (C=O) groups excluding carboxylic acids is 1. The summed E-state index contributed by atoms with van der Waals surface area (Å²) in [5.74, 6) is 0.218. The van der Waals surface area contributed by atoms with Crippen LogP contribution in [0.15, 0.2) is 76.0 Å². The van der Waals surface area contributed by atoms with Crippen LogP contribution >= 0.6 is 34.7 Å². The van der Waals surface area contributed by atoms with Gasteiger partial charge in [-0.05, 0) is 60.9 Å². The lowest BCUT2D eigenvalue weighted by molar-refractivity contribution is 0.102. The standard InChI is InChI=1S/C24H21ClN4O3S3/c1-15-8-10-19(12-16(15)2)29-35(31,32)21-13-18(9-11-20(21)25)22(30)26-23-27-28-24(34-23)33-14-17-6-4-3-5-7-17/h3-13,29H,14H2,1-2H3,(H,26,27,30). The Morgan fingerprint density at radius 2 is 1.77 bits per heavy atom. The van der Waals surface area contributed by atoms with Gasteiger partial charge in [0.25, 0.3) is 15.9 Å². The average molecular weight is 545 g/mol. The molecule has 0 radical (unpaired) electrons. The van der Waals surface area contributed by atoms with Crippen molar-refractivity contribution in [3.8, 4) is 0 Å². The number of thioether (sulfide) groups is 1. The van der Waals surface area contributed by atoms with Gasteiger partial charge in [-0.2, -0.15) is 0 Å². The van der Waals surface area contributed by atoms with Crippen molar-refractivity contribution in [1.82, 2.24) is 10.2 Å².